The largest absolute Gasteiger partial charge is 0.355 e. The summed E-state index contributed by atoms with van der Waals surface area (Å²) in [5.74, 6) is -0.143. The van der Waals surface area contributed by atoms with Crippen LogP contribution in [0.2, 0.25) is 0 Å². The van der Waals surface area contributed by atoms with Crippen LogP contribution >= 0.6 is 0 Å². The molecule has 1 aliphatic carbocycles. The van der Waals surface area contributed by atoms with Crippen LogP contribution in [0.15, 0.2) is 42.5 Å². The molecule has 1 atom stereocenters. The lowest BCUT2D eigenvalue weighted by molar-refractivity contribution is -0.124. The molecule has 0 aromatic heterocycles. The molecule has 2 aliphatic rings. The Labute approximate surface area is 172 Å². The topological polar surface area (TPSA) is 52.7 Å². The second-order valence-electron chi connectivity index (χ2n) is 8.23. The van der Waals surface area contributed by atoms with Crippen molar-refractivity contribution >= 4 is 34.9 Å². The Morgan fingerprint density at radius 3 is 2.24 bits per heavy atom. The quantitative estimate of drug-likeness (QED) is 0.462. The van der Waals surface area contributed by atoms with Crippen LogP contribution < -0.4 is 15.1 Å². The van der Waals surface area contributed by atoms with E-state index < -0.39 is 6.04 Å². The third kappa shape index (κ3) is 3.86. The molecule has 1 unspecified atom stereocenters. The van der Waals surface area contributed by atoms with Gasteiger partial charge in [0, 0.05) is 24.5 Å². The molecule has 5 nitrogen and oxygen atoms in total. The fourth-order valence-electron chi connectivity index (χ4n) is 4.56. The summed E-state index contributed by atoms with van der Waals surface area (Å²) in [5, 5.41) is 3.46. The Morgan fingerprint density at radius 2 is 1.59 bits per heavy atom. The normalized spacial score (nSPS) is 20.2. The Hall–Kier alpha value is -2.82. The monoisotopic (exact) mass is 391 g/mol. The minimum Gasteiger partial charge on any atom is -0.355 e. The summed E-state index contributed by atoms with van der Waals surface area (Å²) in [6.45, 7) is 2.07. The van der Waals surface area contributed by atoms with E-state index in [9.17, 15) is 9.59 Å². The number of aryl methyl sites for hydroxylation is 1. The number of fused-ring (bicyclic) bond motifs is 1. The molecule has 0 radical (unpaired) electrons. The SMILES string of the molecule is Cc1ccc(Nc2ccc3c(c2)N(C2CCCCCC2)C(C=O)C(=O)N3C)cc1. The van der Waals surface area contributed by atoms with Crippen molar-refractivity contribution in [3.63, 3.8) is 0 Å². The van der Waals surface area contributed by atoms with Crippen molar-refractivity contribution in [2.24, 2.45) is 0 Å². The van der Waals surface area contributed by atoms with Gasteiger partial charge < -0.3 is 19.9 Å². The van der Waals surface area contributed by atoms with Crippen LogP contribution in [0, 0.1) is 6.92 Å². The van der Waals surface area contributed by atoms with E-state index in [1.165, 1.54) is 18.4 Å². The molecule has 1 N–H and O–H groups in total. The molecular weight excluding hydrogens is 362 g/mol. The van der Waals surface area contributed by atoms with E-state index in [-0.39, 0.29) is 11.9 Å². The first kappa shape index (κ1) is 19.5. The molecule has 4 rings (SSSR count). The number of carbonyl (C=O) groups excluding carboxylic acids is 2. The first-order chi connectivity index (χ1) is 14.1. The zero-order chi connectivity index (χ0) is 20.4. The van der Waals surface area contributed by atoms with Gasteiger partial charge in [-0.15, -0.1) is 0 Å². The van der Waals surface area contributed by atoms with Crippen molar-refractivity contribution < 1.29 is 9.59 Å². The van der Waals surface area contributed by atoms with E-state index in [4.69, 9.17) is 0 Å². The van der Waals surface area contributed by atoms with Crippen LogP contribution in [-0.2, 0) is 9.59 Å². The van der Waals surface area contributed by atoms with E-state index in [1.807, 2.05) is 12.1 Å². The smallest absolute Gasteiger partial charge is 0.256 e. The molecule has 152 valence electrons. The lowest BCUT2D eigenvalue weighted by Gasteiger charge is -2.44. The fraction of sp³-hybridized carbons (Fsp3) is 0.417. The summed E-state index contributed by atoms with van der Waals surface area (Å²) in [6.07, 6.45) is 7.61. The third-order valence-electron chi connectivity index (χ3n) is 6.19. The van der Waals surface area contributed by atoms with E-state index in [1.54, 1.807) is 11.9 Å². The van der Waals surface area contributed by atoms with Gasteiger partial charge in [0.2, 0.25) is 0 Å². The van der Waals surface area contributed by atoms with Crippen molar-refractivity contribution in [3.8, 4) is 0 Å². The second-order valence-corrected chi connectivity index (χ2v) is 8.23. The summed E-state index contributed by atoms with van der Waals surface area (Å²) >= 11 is 0. The van der Waals surface area contributed by atoms with Crippen molar-refractivity contribution in [3.05, 3.63) is 48.0 Å². The molecular formula is C24H29N3O2. The molecule has 1 amide bonds. The highest BCUT2D eigenvalue weighted by Gasteiger charge is 2.40. The van der Waals surface area contributed by atoms with Gasteiger partial charge in [0.25, 0.3) is 5.91 Å². The zero-order valence-electron chi connectivity index (χ0n) is 17.2. The standard InChI is InChI=1S/C24H29N3O2/c1-17-9-11-18(12-10-17)25-19-13-14-21-22(15-19)27(20-7-5-3-4-6-8-20)23(16-28)24(29)26(21)2/h9-16,20,23,25H,3-8H2,1-2H3. The Morgan fingerprint density at radius 1 is 0.931 bits per heavy atom. The lowest BCUT2D eigenvalue weighted by atomic mass is 9.99. The number of hydrogen-bond acceptors (Lipinski definition) is 4. The Balaban J connectivity index is 1.73. The van der Waals surface area contributed by atoms with Crippen LogP contribution in [0.5, 0.6) is 0 Å². The molecule has 29 heavy (non-hydrogen) atoms. The minimum absolute atomic E-state index is 0.143. The number of benzene rings is 2. The van der Waals surface area contributed by atoms with Crippen LogP contribution in [0.1, 0.15) is 44.1 Å². The maximum Gasteiger partial charge on any atom is 0.256 e. The number of hydrogen-bond donors (Lipinski definition) is 1. The van der Waals surface area contributed by atoms with Gasteiger partial charge in [-0.1, -0.05) is 43.4 Å². The first-order valence-electron chi connectivity index (χ1n) is 10.6. The zero-order valence-corrected chi connectivity index (χ0v) is 17.2. The van der Waals surface area contributed by atoms with E-state index in [0.717, 1.165) is 54.7 Å². The van der Waals surface area contributed by atoms with Gasteiger partial charge >= 0.3 is 0 Å². The number of anilines is 4. The van der Waals surface area contributed by atoms with E-state index in [2.05, 4.69) is 47.5 Å². The van der Waals surface area contributed by atoms with Gasteiger partial charge in [0.05, 0.1) is 11.4 Å². The maximum absolute atomic E-state index is 12.9. The number of carbonyl (C=O) groups is 2. The summed E-state index contributed by atoms with van der Waals surface area (Å²) in [7, 11) is 1.76. The highest BCUT2D eigenvalue weighted by Crippen LogP contribution is 2.41. The predicted molar refractivity (Wildman–Crippen MR) is 118 cm³/mol. The number of amides is 1. The van der Waals surface area contributed by atoms with Crippen molar-refractivity contribution in [2.45, 2.75) is 57.5 Å². The molecule has 1 heterocycles. The van der Waals surface area contributed by atoms with Crippen molar-refractivity contribution in [1.29, 1.82) is 0 Å². The molecule has 0 bridgehead atoms. The number of rotatable bonds is 4. The number of nitrogens with one attached hydrogen (secondary N) is 1. The average molecular weight is 392 g/mol. The summed E-state index contributed by atoms with van der Waals surface area (Å²) in [4.78, 5) is 28.6. The summed E-state index contributed by atoms with van der Waals surface area (Å²) in [5.41, 5.74) is 5.02. The lowest BCUT2D eigenvalue weighted by Crippen LogP contribution is -2.56. The minimum atomic E-state index is -0.745. The van der Waals surface area contributed by atoms with Crippen LogP contribution in [-0.4, -0.2) is 31.3 Å². The van der Waals surface area contributed by atoms with Crippen molar-refractivity contribution in [1.82, 2.24) is 0 Å². The fourth-order valence-corrected chi connectivity index (χ4v) is 4.56. The van der Waals surface area contributed by atoms with Crippen LogP contribution in [0.25, 0.3) is 0 Å². The number of nitrogens with zero attached hydrogens (tertiary/aromatic N) is 2. The molecule has 0 saturated heterocycles. The van der Waals surface area contributed by atoms with Gasteiger partial charge in [0.1, 0.15) is 0 Å². The molecule has 2 aromatic carbocycles. The summed E-state index contributed by atoms with van der Waals surface area (Å²) in [6, 6.07) is 13.8. The molecule has 0 spiro atoms. The molecule has 5 heteroatoms. The van der Waals surface area contributed by atoms with Gasteiger partial charge in [-0.05, 0) is 50.1 Å². The van der Waals surface area contributed by atoms with Gasteiger partial charge in [-0.3, -0.25) is 4.79 Å². The van der Waals surface area contributed by atoms with Crippen molar-refractivity contribution in [2.75, 3.05) is 22.2 Å². The molecule has 1 aliphatic heterocycles. The molecule has 1 fully saturated rings. The van der Waals surface area contributed by atoms with Crippen LogP contribution in [0.3, 0.4) is 0 Å². The molecule has 2 aromatic rings. The van der Waals surface area contributed by atoms with Crippen LogP contribution in [0.4, 0.5) is 22.7 Å². The van der Waals surface area contributed by atoms with Gasteiger partial charge in [-0.2, -0.15) is 0 Å². The number of aldehydes is 1. The van der Waals surface area contributed by atoms with E-state index >= 15 is 0 Å². The Kier molecular flexibility index (Phi) is 5.56. The Bertz CT molecular complexity index is 885. The third-order valence-corrected chi connectivity index (χ3v) is 6.19. The first-order valence-corrected chi connectivity index (χ1v) is 10.6. The highest BCUT2D eigenvalue weighted by atomic mass is 16.2. The number of likely N-dealkylation sites (N-methyl/N-ethyl adjacent to an activating group) is 1. The summed E-state index contributed by atoms with van der Waals surface area (Å²) < 4.78 is 0. The maximum atomic E-state index is 12.9. The van der Waals surface area contributed by atoms with Gasteiger partial charge in [-0.25, -0.2) is 0 Å². The predicted octanol–water partition coefficient (Wildman–Crippen LogP) is 4.81. The second kappa shape index (κ2) is 8.27. The average Bonchev–Trinajstić information content (AvgIpc) is 3.01. The van der Waals surface area contributed by atoms with E-state index in [0.29, 0.717) is 0 Å². The molecule has 1 saturated carbocycles. The van der Waals surface area contributed by atoms with Gasteiger partial charge in [0.15, 0.2) is 12.3 Å². The highest BCUT2D eigenvalue weighted by molar-refractivity contribution is 6.13.